The van der Waals surface area contributed by atoms with Crippen LogP contribution in [0.3, 0.4) is 0 Å². The number of carbonyl (C=O) groups excluding carboxylic acids is 1. The predicted octanol–water partition coefficient (Wildman–Crippen LogP) is 3.58. The molecule has 1 aliphatic carbocycles. The largest absolute Gasteiger partial charge is 0.297 e. The van der Waals surface area contributed by atoms with Crippen LogP contribution in [0.1, 0.15) is 33.6 Å². The summed E-state index contributed by atoms with van der Waals surface area (Å²) in [7, 11) is 0. The van der Waals surface area contributed by atoms with Gasteiger partial charge in [0.2, 0.25) is 0 Å². The maximum atomic E-state index is 11.9. The molecule has 1 N–H and O–H groups in total. The lowest BCUT2D eigenvalue weighted by atomic mass is 9.93. The van der Waals surface area contributed by atoms with Crippen molar-refractivity contribution in [3.63, 3.8) is 0 Å². The minimum absolute atomic E-state index is 0.0517. The van der Waals surface area contributed by atoms with Gasteiger partial charge in [0.25, 0.3) is 5.91 Å². The van der Waals surface area contributed by atoms with Crippen LogP contribution in [0.4, 0.5) is 5.13 Å². The fourth-order valence-corrected chi connectivity index (χ4v) is 3.95. The first-order valence-corrected chi connectivity index (χ1v) is 7.75. The monoisotopic (exact) mass is 278 g/mol. The van der Waals surface area contributed by atoms with E-state index in [4.69, 9.17) is 0 Å². The molecule has 1 atom stereocenters. The van der Waals surface area contributed by atoms with Crippen LogP contribution in [0.5, 0.6) is 0 Å². The number of nitrogens with one attached hydrogen (secondary N) is 1. The molecule has 0 bridgehead atoms. The average molecular weight is 278 g/mol. The highest BCUT2D eigenvalue weighted by molar-refractivity contribution is 7.16. The van der Waals surface area contributed by atoms with Gasteiger partial charge in [0.15, 0.2) is 5.13 Å². The molecule has 18 heavy (non-hydrogen) atoms. The number of anilines is 1. The van der Waals surface area contributed by atoms with E-state index in [2.05, 4.69) is 17.2 Å². The zero-order chi connectivity index (χ0) is 12.5. The first-order chi connectivity index (χ1) is 8.72. The molecule has 5 heteroatoms. The lowest BCUT2D eigenvalue weighted by Crippen LogP contribution is -2.10. The molecule has 0 saturated heterocycles. The summed E-state index contributed by atoms with van der Waals surface area (Å²) in [5.41, 5.74) is 1.18. The van der Waals surface area contributed by atoms with Crippen molar-refractivity contribution in [2.75, 3.05) is 5.32 Å². The number of nitrogens with zero attached hydrogens (tertiary/aromatic N) is 1. The molecule has 2 aromatic rings. The van der Waals surface area contributed by atoms with Gasteiger partial charge < -0.3 is 0 Å². The second-order valence-corrected chi connectivity index (χ2v) is 6.70. The number of aryl methyl sites for hydroxylation is 1. The van der Waals surface area contributed by atoms with Gasteiger partial charge in [-0.05, 0) is 36.6 Å². The smallest absolute Gasteiger partial charge is 0.267 e. The van der Waals surface area contributed by atoms with E-state index in [1.165, 1.54) is 28.3 Å². The Labute approximate surface area is 114 Å². The third-order valence-electron chi connectivity index (χ3n) is 3.15. The first kappa shape index (κ1) is 11.9. The van der Waals surface area contributed by atoms with Crippen molar-refractivity contribution in [1.82, 2.24) is 4.98 Å². The van der Waals surface area contributed by atoms with Crippen LogP contribution in [0.15, 0.2) is 17.5 Å². The minimum atomic E-state index is -0.0517. The van der Waals surface area contributed by atoms with E-state index in [1.807, 2.05) is 17.5 Å². The van der Waals surface area contributed by atoms with Crippen molar-refractivity contribution >= 4 is 33.7 Å². The maximum absolute atomic E-state index is 11.9. The SMILES string of the molecule is CC1CCc2nc(NC(=O)c3cccs3)sc2C1. The summed E-state index contributed by atoms with van der Waals surface area (Å²) in [5, 5.41) is 5.54. The Kier molecular flexibility index (Phi) is 3.18. The molecular weight excluding hydrogens is 264 g/mol. The molecule has 3 nitrogen and oxygen atoms in total. The third kappa shape index (κ3) is 2.33. The normalized spacial score (nSPS) is 18.4. The van der Waals surface area contributed by atoms with Crippen LogP contribution >= 0.6 is 22.7 Å². The highest BCUT2D eigenvalue weighted by atomic mass is 32.1. The van der Waals surface area contributed by atoms with E-state index in [0.29, 0.717) is 0 Å². The lowest BCUT2D eigenvalue weighted by molar-refractivity contribution is 0.103. The molecule has 0 saturated carbocycles. The van der Waals surface area contributed by atoms with Crippen molar-refractivity contribution in [1.29, 1.82) is 0 Å². The van der Waals surface area contributed by atoms with E-state index in [1.54, 1.807) is 11.3 Å². The Morgan fingerprint density at radius 2 is 2.44 bits per heavy atom. The number of thiazole rings is 1. The van der Waals surface area contributed by atoms with Gasteiger partial charge in [-0.25, -0.2) is 4.98 Å². The van der Waals surface area contributed by atoms with Gasteiger partial charge in [-0.3, -0.25) is 10.1 Å². The van der Waals surface area contributed by atoms with Gasteiger partial charge in [-0.2, -0.15) is 0 Å². The molecule has 2 heterocycles. The second kappa shape index (κ2) is 4.82. The third-order valence-corrected chi connectivity index (χ3v) is 5.06. The molecule has 0 fully saturated rings. The molecule has 2 aromatic heterocycles. The van der Waals surface area contributed by atoms with E-state index < -0.39 is 0 Å². The maximum Gasteiger partial charge on any atom is 0.267 e. The van der Waals surface area contributed by atoms with Gasteiger partial charge in [-0.1, -0.05) is 13.0 Å². The molecule has 0 aromatic carbocycles. The van der Waals surface area contributed by atoms with Crippen molar-refractivity contribution in [3.8, 4) is 0 Å². The minimum Gasteiger partial charge on any atom is -0.297 e. The van der Waals surface area contributed by atoms with Crippen LogP contribution in [0.2, 0.25) is 0 Å². The van der Waals surface area contributed by atoms with Crippen molar-refractivity contribution in [2.45, 2.75) is 26.2 Å². The zero-order valence-electron chi connectivity index (χ0n) is 10.1. The molecule has 0 radical (unpaired) electrons. The summed E-state index contributed by atoms with van der Waals surface area (Å²) in [6.45, 7) is 2.27. The fraction of sp³-hybridized carbons (Fsp3) is 0.385. The summed E-state index contributed by atoms with van der Waals surface area (Å²) in [6, 6.07) is 3.71. The topological polar surface area (TPSA) is 42.0 Å². The Morgan fingerprint density at radius 1 is 1.56 bits per heavy atom. The Hall–Kier alpha value is -1.20. The summed E-state index contributed by atoms with van der Waals surface area (Å²) in [5.74, 6) is 0.683. The van der Waals surface area contributed by atoms with Crippen LogP contribution in [0, 0.1) is 5.92 Å². The molecular formula is C13H14N2OS2. The Morgan fingerprint density at radius 3 is 3.22 bits per heavy atom. The number of aromatic nitrogens is 1. The van der Waals surface area contributed by atoms with Crippen molar-refractivity contribution in [2.24, 2.45) is 5.92 Å². The Bertz CT molecular complexity index is 560. The average Bonchev–Trinajstić information content (AvgIpc) is 2.95. The van der Waals surface area contributed by atoms with E-state index in [0.717, 1.165) is 28.8 Å². The number of thiophene rings is 1. The van der Waals surface area contributed by atoms with Crippen LogP contribution in [0.25, 0.3) is 0 Å². The van der Waals surface area contributed by atoms with Crippen LogP contribution in [-0.4, -0.2) is 10.9 Å². The molecule has 1 unspecified atom stereocenters. The number of hydrogen-bond acceptors (Lipinski definition) is 4. The van der Waals surface area contributed by atoms with Crippen molar-refractivity contribution < 1.29 is 4.79 Å². The number of rotatable bonds is 2. The summed E-state index contributed by atoms with van der Waals surface area (Å²) < 4.78 is 0. The fourth-order valence-electron chi connectivity index (χ4n) is 2.16. The number of carbonyl (C=O) groups is 1. The number of amides is 1. The molecule has 94 valence electrons. The van der Waals surface area contributed by atoms with E-state index >= 15 is 0 Å². The molecule has 3 rings (SSSR count). The summed E-state index contributed by atoms with van der Waals surface area (Å²) >= 11 is 3.08. The number of fused-ring (bicyclic) bond motifs is 1. The summed E-state index contributed by atoms with van der Waals surface area (Å²) in [6.07, 6.45) is 3.35. The molecule has 1 amide bonds. The van der Waals surface area contributed by atoms with Gasteiger partial charge in [-0.15, -0.1) is 22.7 Å². The summed E-state index contributed by atoms with van der Waals surface area (Å²) in [4.78, 5) is 18.5. The predicted molar refractivity (Wildman–Crippen MR) is 75.6 cm³/mol. The zero-order valence-corrected chi connectivity index (χ0v) is 11.7. The molecule has 1 aliphatic rings. The lowest BCUT2D eigenvalue weighted by Gasteiger charge is -2.15. The van der Waals surface area contributed by atoms with Crippen LogP contribution in [-0.2, 0) is 12.8 Å². The highest BCUT2D eigenvalue weighted by Gasteiger charge is 2.20. The van der Waals surface area contributed by atoms with Gasteiger partial charge in [0.1, 0.15) is 0 Å². The Balaban J connectivity index is 1.76. The number of hydrogen-bond donors (Lipinski definition) is 1. The highest BCUT2D eigenvalue weighted by Crippen LogP contribution is 2.32. The molecule has 0 spiro atoms. The van der Waals surface area contributed by atoms with Gasteiger partial charge >= 0.3 is 0 Å². The van der Waals surface area contributed by atoms with Gasteiger partial charge in [0.05, 0.1) is 10.6 Å². The standard InChI is InChI=1S/C13H14N2OS2/c1-8-4-5-9-11(7-8)18-13(14-9)15-12(16)10-3-2-6-17-10/h2-3,6,8H,4-5,7H2,1H3,(H,14,15,16). The van der Waals surface area contributed by atoms with Gasteiger partial charge in [0, 0.05) is 4.88 Å². The van der Waals surface area contributed by atoms with Crippen LogP contribution < -0.4 is 5.32 Å². The van der Waals surface area contributed by atoms with Crippen molar-refractivity contribution in [3.05, 3.63) is 33.0 Å². The quantitative estimate of drug-likeness (QED) is 0.912. The first-order valence-electron chi connectivity index (χ1n) is 6.06. The van der Waals surface area contributed by atoms with E-state index in [-0.39, 0.29) is 5.91 Å². The second-order valence-electron chi connectivity index (χ2n) is 4.67. The molecule has 0 aliphatic heterocycles. The van der Waals surface area contributed by atoms with E-state index in [9.17, 15) is 4.79 Å².